The highest BCUT2D eigenvalue weighted by atomic mass is 35.5. The van der Waals surface area contributed by atoms with Gasteiger partial charge in [0.15, 0.2) is 5.76 Å². The minimum Gasteiger partial charge on any atom is -0.356 e. The van der Waals surface area contributed by atoms with Crippen LogP contribution >= 0.6 is 11.6 Å². The lowest BCUT2D eigenvalue weighted by Crippen LogP contribution is -2.22. The first-order valence-electron chi connectivity index (χ1n) is 6.87. The molecule has 0 spiro atoms. The molecule has 0 unspecified atom stereocenters. The molecule has 23 heavy (non-hydrogen) atoms. The minimum absolute atomic E-state index is 0.218. The Bertz CT molecular complexity index is 831. The highest BCUT2D eigenvalue weighted by Crippen LogP contribution is 2.20. The van der Waals surface area contributed by atoms with E-state index in [0.29, 0.717) is 27.6 Å². The van der Waals surface area contributed by atoms with Crippen molar-refractivity contribution in [1.29, 1.82) is 0 Å². The number of amides is 1. The molecule has 1 amide bonds. The molecule has 3 aromatic rings. The topological polar surface area (TPSA) is 55.1 Å². The molecule has 0 fully saturated rings. The Morgan fingerprint density at radius 3 is 2.70 bits per heavy atom. The molecule has 1 aromatic heterocycles. The molecule has 0 saturated heterocycles. The van der Waals surface area contributed by atoms with Gasteiger partial charge >= 0.3 is 0 Å². The molecule has 3 rings (SSSR count). The number of rotatable bonds is 4. The monoisotopic (exact) mass is 330 g/mol. The zero-order chi connectivity index (χ0) is 16.2. The molecule has 0 aliphatic rings. The number of hydrogen-bond acceptors (Lipinski definition) is 3. The van der Waals surface area contributed by atoms with Crippen molar-refractivity contribution < 1.29 is 13.7 Å². The lowest BCUT2D eigenvalue weighted by Gasteiger charge is -2.02. The van der Waals surface area contributed by atoms with Gasteiger partial charge in [-0.25, -0.2) is 4.39 Å². The lowest BCUT2D eigenvalue weighted by molar-refractivity contribution is 0.0950. The number of benzene rings is 2. The van der Waals surface area contributed by atoms with Gasteiger partial charge in [0.25, 0.3) is 5.91 Å². The van der Waals surface area contributed by atoms with Crippen LogP contribution in [0.25, 0.3) is 11.3 Å². The van der Waals surface area contributed by atoms with Crippen molar-refractivity contribution in [2.24, 2.45) is 0 Å². The van der Waals surface area contributed by atoms with Crippen LogP contribution in [-0.4, -0.2) is 11.1 Å². The Kier molecular flexibility index (Phi) is 4.39. The molecular weight excluding hydrogens is 319 g/mol. The van der Waals surface area contributed by atoms with Crippen LogP contribution in [0.2, 0.25) is 5.02 Å². The molecule has 1 N–H and O–H groups in total. The summed E-state index contributed by atoms with van der Waals surface area (Å²) in [4.78, 5) is 12.0. The smallest absolute Gasteiger partial charge is 0.251 e. The first-order chi connectivity index (χ1) is 11.1. The highest BCUT2D eigenvalue weighted by Gasteiger charge is 2.10. The second-order valence-electron chi connectivity index (χ2n) is 4.88. The molecule has 2 aromatic carbocycles. The molecule has 0 saturated carbocycles. The Hall–Kier alpha value is -2.66. The van der Waals surface area contributed by atoms with Crippen LogP contribution in [0.5, 0.6) is 0 Å². The number of carbonyl (C=O) groups excluding carboxylic acids is 1. The molecule has 0 bridgehead atoms. The summed E-state index contributed by atoms with van der Waals surface area (Å²) >= 11 is 5.85. The van der Waals surface area contributed by atoms with Gasteiger partial charge in [-0.3, -0.25) is 4.79 Å². The second-order valence-corrected chi connectivity index (χ2v) is 5.32. The van der Waals surface area contributed by atoms with Crippen LogP contribution in [-0.2, 0) is 6.54 Å². The van der Waals surface area contributed by atoms with Gasteiger partial charge in [0.1, 0.15) is 11.5 Å². The number of nitrogens with zero attached hydrogens (tertiary/aromatic N) is 1. The minimum atomic E-state index is -0.317. The molecule has 6 heteroatoms. The predicted molar refractivity (Wildman–Crippen MR) is 84.5 cm³/mol. The van der Waals surface area contributed by atoms with Gasteiger partial charge in [0.05, 0.1) is 6.54 Å². The van der Waals surface area contributed by atoms with Crippen molar-refractivity contribution >= 4 is 17.5 Å². The van der Waals surface area contributed by atoms with Crippen LogP contribution in [0.4, 0.5) is 4.39 Å². The average Bonchev–Trinajstić information content (AvgIpc) is 3.02. The maximum Gasteiger partial charge on any atom is 0.251 e. The predicted octanol–water partition coefficient (Wildman–Crippen LogP) is 4.06. The third-order valence-electron chi connectivity index (χ3n) is 3.20. The van der Waals surface area contributed by atoms with Crippen LogP contribution in [0.15, 0.2) is 59.1 Å². The fraction of sp³-hybridized carbons (Fsp3) is 0.0588. The van der Waals surface area contributed by atoms with Gasteiger partial charge in [0.2, 0.25) is 0 Å². The Morgan fingerprint density at radius 2 is 1.96 bits per heavy atom. The second kappa shape index (κ2) is 6.62. The van der Waals surface area contributed by atoms with Gasteiger partial charge < -0.3 is 9.84 Å². The van der Waals surface area contributed by atoms with Gasteiger partial charge in [-0.1, -0.05) is 22.8 Å². The van der Waals surface area contributed by atoms with Crippen LogP contribution in [0.3, 0.4) is 0 Å². The van der Waals surface area contributed by atoms with Crippen molar-refractivity contribution in [2.75, 3.05) is 0 Å². The van der Waals surface area contributed by atoms with Gasteiger partial charge in [-0.2, -0.15) is 0 Å². The van der Waals surface area contributed by atoms with Gasteiger partial charge in [-0.15, -0.1) is 0 Å². The summed E-state index contributed by atoms with van der Waals surface area (Å²) in [5, 5.41) is 7.12. The fourth-order valence-corrected chi connectivity index (χ4v) is 2.24. The summed E-state index contributed by atoms with van der Waals surface area (Å²) in [6.07, 6.45) is 0. The molecule has 0 aliphatic carbocycles. The molecule has 1 heterocycles. The SMILES string of the molecule is O=C(NCc1cc(-c2ccc(F)cc2)on1)c1cccc(Cl)c1. The summed E-state index contributed by atoms with van der Waals surface area (Å²) in [5.74, 6) is -0.0573. The van der Waals surface area contributed by atoms with E-state index >= 15 is 0 Å². The van der Waals surface area contributed by atoms with Crippen molar-refractivity contribution in [1.82, 2.24) is 10.5 Å². The fourth-order valence-electron chi connectivity index (χ4n) is 2.05. The van der Waals surface area contributed by atoms with Crippen LogP contribution in [0.1, 0.15) is 16.1 Å². The quantitative estimate of drug-likeness (QED) is 0.784. The summed E-state index contributed by atoms with van der Waals surface area (Å²) in [6.45, 7) is 0.218. The zero-order valence-corrected chi connectivity index (χ0v) is 12.7. The maximum absolute atomic E-state index is 12.9. The summed E-state index contributed by atoms with van der Waals surface area (Å²) < 4.78 is 18.1. The molecule has 0 atom stereocenters. The van der Waals surface area contributed by atoms with E-state index in [-0.39, 0.29) is 18.3 Å². The summed E-state index contributed by atoms with van der Waals surface area (Å²) in [5.41, 5.74) is 1.76. The van der Waals surface area contributed by atoms with E-state index in [1.165, 1.54) is 12.1 Å². The Morgan fingerprint density at radius 1 is 1.17 bits per heavy atom. The first kappa shape index (κ1) is 15.2. The van der Waals surface area contributed by atoms with E-state index in [2.05, 4.69) is 10.5 Å². The van der Waals surface area contributed by atoms with E-state index in [1.807, 2.05) is 0 Å². The van der Waals surface area contributed by atoms with E-state index in [1.54, 1.807) is 42.5 Å². The number of halogens is 2. The van der Waals surface area contributed by atoms with E-state index in [4.69, 9.17) is 16.1 Å². The number of aromatic nitrogens is 1. The molecule has 116 valence electrons. The zero-order valence-electron chi connectivity index (χ0n) is 11.9. The Labute approximate surface area is 136 Å². The average molecular weight is 331 g/mol. The lowest BCUT2D eigenvalue weighted by atomic mass is 10.1. The van der Waals surface area contributed by atoms with Crippen molar-refractivity contribution in [3.8, 4) is 11.3 Å². The van der Waals surface area contributed by atoms with Crippen molar-refractivity contribution in [3.05, 3.63) is 76.7 Å². The molecular formula is C17H12ClFN2O2. The normalized spacial score (nSPS) is 10.5. The number of nitrogens with one attached hydrogen (secondary N) is 1. The van der Waals surface area contributed by atoms with E-state index < -0.39 is 0 Å². The highest BCUT2D eigenvalue weighted by molar-refractivity contribution is 6.30. The van der Waals surface area contributed by atoms with E-state index in [9.17, 15) is 9.18 Å². The molecule has 4 nitrogen and oxygen atoms in total. The number of carbonyl (C=O) groups is 1. The largest absolute Gasteiger partial charge is 0.356 e. The van der Waals surface area contributed by atoms with E-state index in [0.717, 1.165) is 0 Å². The van der Waals surface area contributed by atoms with Crippen molar-refractivity contribution in [2.45, 2.75) is 6.54 Å². The van der Waals surface area contributed by atoms with Gasteiger partial charge in [-0.05, 0) is 42.5 Å². The third-order valence-corrected chi connectivity index (χ3v) is 3.44. The molecule has 0 aliphatic heterocycles. The maximum atomic E-state index is 12.9. The van der Waals surface area contributed by atoms with Crippen molar-refractivity contribution in [3.63, 3.8) is 0 Å². The van der Waals surface area contributed by atoms with Gasteiger partial charge in [0, 0.05) is 22.2 Å². The number of hydrogen-bond donors (Lipinski definition) is 1. The summed E-state index contributed by atoms with van der Waals surface area (Å²) in [7, 11) is 0. The first-order valence-corrected chi connectivity index (χ1v) is 7.25. The standard InChI is InChI=1S/C17H12ClFN2O2/c18-13-3-1-2-12(8-13)17(22)20-10-15-9-16(23-21-15)11-4-6-14(19)7-5-11/h1-9H,10H2,(H,20,22). The van der Waals surface area contributed by atoms with Crippen LogP contribution < -0.4 is 5.32 Å². The third kappa shape index (κ3) is 3.76. The summed E-state index contributed by atoms with van der Waals surface area (Å²) in [6, 6.07) is 14.3. The molecule has 0 radical (unpaired) electrons. The van der Waals surface area contributed by atoms with Crippen LogP contribution in [0, 0.1) is 5.82 Å². The Balaban J connectivity index is 1.65.